The molecule has 0 bridgehead atoms. The normalized spacial score (nSPS) is 9.69. The van der Waals surface area contributed by atoms with Crippen molar-refractivity contribution in [2.24, 2.45) is 5.92 Å². The maximum atomic E-state index is 11.7. The van der Waals surface area contributed by atoms with Gasteiger partial charge in [-0.05, 0) is 11.5 Å². The van der Waals surface area contributed by atoms with Gasteiger partial charge in [0.25, 0.3) is 5.91 Å². The number of hydrogen-bond donors (Lipinski definition) is 1. The molecule has 84 valence electrons. The first-order chi connectivity index (χ1) is 7.65. The molecule has 1 rings (SSSR count). The lowest BCUT2D eigenvalue weighted by atomic mass is 10.0. The van der Waals surface area contributed by atoms with E-state index in [1.54, 1.807) is 0 Å². The lowest BCUT2D eigenvalue weighted by Crippen LogP contribution is -2.26. The summed E-state index contributed by atoms with van der Waals surface area (Å²) in [5.74, 6) is 0.0575. The first-order valence-corrected chi connectivity index (χ1v) is 5.37. The van der Waals surface area contributed by atoms with Gasteiger partial charge in [-0.3, -0.25) is 4.79 Å². The van der Waals surface area contributed by atoms with Gasteiger partial charge in [-0.25, -0.2) is 0 Å². The highest BCUT2D eigenvalue weighted by Gasteiger charge is 2.11. The second-order valence-corrected chi connectivity index (χ2v) is 3.91. The number of nitrogens with one attached hydrogen (secondary N) is 1. The predicted octanol–water partition coefficient (Wildman–Crippen LogP) is 2.67. The number of hydrogen-bond acceptors (Lipinski definition) is 1. The van der Waals surface area contributed by atoms with Crippen LogP contribution in [0.3, 0.4) is 0 Å². The molecule has 0 aliphatic carbocycles. The highest BCUT2D eigenvalue weighted by molar-refractivity contribution is 5.93. The fraction of sp³-hybridized carbons (Fsp3) is 0.286. The van der Waals surface area contributed by atoms with Crippen LogP contribution in [0.5, 0.6) is 0 Å². The van der Waals surface area contributed by atoms with E-state index in [4.69, 9.17) is 0 Å². The van der Waals surface area contributed by atoms with Crippen molar-refractivity contribution in [1.29, 1.82) is 0 Å². The predicted molar refractivity (Wildman–Crippen MR) is 65.8 cm³/mol. The van der Waals surface area contributed by atoms with E-state index in [1.165, 1.54) is 0 Å². The summed E-state index contributed by atoms with van der Waals surface area (Å²) in [5.41, 5.74) is 4.39. The van der Waals surface area contributed by atoms with Crippen molar-refractivity contribution in [2.75, 3.05) is 0 Å². The fourth-order valence-corrected chi connectivity index (χ4v) is 1.42. The summed E-state index contributed by atoms with van der Waals surface area (Å²) < 4.78 is 0. The van der Waals surface area contributed by atoms with Gasteiger partial charge in [0.15, 0.2) is 0 Å². The summed E-state index contributed by atoms with van der Waals surface area (Å²) in [6, 6.07) is 9.82. The standard InChI is InChI=1S/C14H17NO/c1-4-13(11(2)3)14(16)15-10-12-8-6-5-7-9-12/h5-9,11H,1,10H2,2-3H3,(H,15,16). The summed E-state index contributed by atoms with van der Waals surface area (Å²) >= 11 is 0. The Morgan fingerprint density at radius 1 is 1.38 bits per heavy atom. The van der Waals surface area contributed by atoms with Crippen molar-refractivity contribution in [2.45, 2.75) is 20.4 Å². The third-order valence-corrected chi connectivity index (χ3v) is 2.31. The second kappa shape index (κ2) is 5.94. The zero-order valence-electron chi connectivity index (χ0n) is 9.79. The molecule has 0 aliphatic rings. The Morgan fingerprint density at radius 3 is 2.50 bits per heavy atom. The maximum absolute atomic E-state index is 11.7. The second-order valence-electron chi connectivity index (χ2n) is 3.91. The van der Waals surface area contributed by atoms with Gasteiger partial charge in [-0.2, -0.15) is 0 Å². The molecule has 1 aromatic carbocycles. The summed E-state index contributed by atoms with van der Waals surface area (Å²) in [7, 11) is 0. The van der Waals surface area contributed by atoms with E-state index in [-0.39, 0.29) is 11.8 Å². The van der Waals surface area contributed by atoms with Crippen LogP contribution in [-0.2, 0) is 11.3 Å². The minimum absolute atomic E-state index is 0.0890. The van der Waals surface area contributed by atoms with Crippen LogP contribution >= 0.6 is 0 Å². The Kier molecular flexibility index (Phi) is 4.56. The molecule has 2 heteroatoms. The van der Waals surface area contributed by atoms with E-state index in [0.29, 0.717) is 12.1 Å². The quantitative estimate of drug-likeness (QED) is 0.607. The molecule has 1 amide bonds. The molecule has 0 atom stereocenters. The Labute approximate surface area is 96.7 Å². The van der Waals surface area contributed by atoms with E-state index < -0.39 is 0 Å². The van der Waals surface area contributed by atoms with Crippen molar-refractivity contribution < 1.29 is 4.79 Å². The summed E-state index contributed by atoms with van der Waals surface area (Å²) in [6.07, 6.45) is 0. The van der Waals surface area contributed by atoms with Gasteiger partial charge in [0.1, 0.15) is 0 Å². The monoisotopic (exact) mass is 215 g/mol. The summed E-state index contributed by atoms with van der Waals surface area (Å²) in [5, 5.41) is 2.85. The molecule has 0 aromatic heterocycles. The van der Waals surface area contributed by atoms with Gasteiger partial charge in [0.05, 0.1) is 5.57 Å². The lowest BCUT2D eigenvalue weighted by molar-refractivity contribution is -0.118. The Bertz CT molecular complexity index is 400. The van der Waals surface area contributed by atoms with Crippen molar-refractivity contribution in [1.82, 2.24) is 5.32 Å². The minimum atomic E-state index is -0.0890. The minimum Gasteiger partial charge on any atom is -0.348 e. The smallest absolute Gasteiger partial charge is 0.255 e. The molecule has 2 nitrogen and oxygen atoms in total. The van der Waals surface area contributed by atoms with Crippen LogP contribution in [0.2, 0.25) is 0 Å². The van der Waals surface area contributed by atoms with Crippen molar-refractivity contribution in [3.05, 3.63) is 53.8 Å². The highest BCUT2D eigenvalue weighted by atomic mass is 16.1. The zero-order valence-corrected chi connectivity index (χ0v) is 9.79. The van der Waals surface area contributed by atoms with E-state index in [0.717, 1.165) is 5.56 Å². The van der Waals surface area contributed by atoms with Crippen LogP contribution in [0.25, 0.3) is 0 Å². The Morgan fingerprint density at radius 2 is 2.00 bits per heavy atom. The Hall–Kier alpha value is -1.79. The number of rotatable bonds is 4. The number of amides is 1. The molecule has 0 spiro atoms. The van der Waals surface area contributed by atoms with Crippen LogP contribution in [0.15, 0.2) is 48.2 Å². The third kappa shape index (κ3) is 3.41. The van der Waals surface area contributed by atoms with Gasteiger partial charge in [0, 0.05) is 6.54 Å². The van der Waals surface area contributed by atoms with Crippen LogP contribution in [0.4, 0.5) is 0 Å². The van der Waals surface area contributed by atoms with Gasteiger partial charge in [-0.1, -0.05) is 50.8 Å². The van der Waals surface area contributed by atoms with Gasteiger partial charge in [-0.15, -0.1) is 5.73 Å². The van der Waals surface area contributed by atoms with Crippen LogP contribution in [-0.4, -0.2) is 5.91 Å². The molecule has 0 saturated carbocycles. The molecular formula is C14H17NO. The first kappa shape index (κ1) is 12.3. The van der Waals surface area contributed by atoms with Crippen LogP contribution in [0.1, 0.15) is 19.4 Å². The van der Waals surface area contributed by atoms with Gasteiger partial charge < -0.3 is 5.32 Å². The van der Waals surface area contributed by atoms with Crippen LogP contribution < -0.4 is 5.32 Å². The van der Waals surface area contributed by atoms with Gasteiger partial charge >= 0.3 is 0 Å². The lowest BCUT2D eigenvalue weighted by Gasteiger charge is -2.09. The van der Waals surface area contributed by atoms with E-state index in [2.05, 4.69) is 17.6 Å². The van der Waals surface area contributed by atoms with E-state index in [9.17, 15) is 4.79 Å². The highest BCUT2D eigenvalue weighted by Crippen LogP contribution is 2.07. The van der Waals surface area contributed by atoms with E-state index in [1.807, 2.05) is 44.2 Å². The van der Waals surface area contributed by atoms with Crippen molar-refractivity contribution in [3.8, 4) is 0 Å². The maximum Gasteiger partial charge on any atom is 0.255 e. The molecule has 0 fully saturated rings. The average Bonchev–Trinajstić information content (AvgIpc) is 2.28. The molecule has 0 saturated heterocycles. The first-order valence-electron chi connectivity index (χ1n) is 5.37. The summed E-state index contributed by atoms with van der Waals surface area (Å²) in [4.78, 5) is 11.7. The van der Waals surface area contributed by atoms with Gasteiger partial charge in [0.2, 0.25) is 0 Å². The average molecular weight is 215 g/mol. The number of benzene rings is 1. The molecule has 0 heterocycles. The summed E-state index contributed by atoms with van der Waals surface area (Å²) in [6.45, 7) is 7.98. The SMILES string of the molecule is C=C=C(C(=O)NCc1ccccc1)C(C)C. The number of carbonyl (C=O) groups excluding carboxylic acids is 1. The molecule has 1 N–H and O–H groups in total. The van der Waals surface area contributed by atoms with E-state index >= 15 is 0 Å². The van der Waals surface area contributed by atoms with Crippen molar-refractivity contribution in [3.63, 3.8) is 0 Å². The Balaban J connectivity index is 2.57. The fourth-order valence-electron chi connectivity index (χ4n) is 1.42. The number of carbonyl (C=O) groups is 1. The molecule has 16 heavy (non-hydrogen) atoms. The zero-order chi connectivity index (χ0) is 12.0. The molecule has 1 aromatic rings. The topological polar surface area (TPSA) is 29.1 Å². The largest absolute Gasteiger partial charge is 0.348 e. The third-order valence-electron chi connectivity index (χ3n) is 2.31. The molecule has 0 aliphatic heterocycles. The molecular weight excluding hydrogens is 198 g/mol. The molecule has 0 radical (unpaired) electrons. The van der Waals surface area contributed by atoms with Crippen LogP contribution in [0, 0.1) is 5.92 Å². The molecule has 0 unspecified atom stereocenters. The van der Waals surface area contributed by atoms with Crippen molar-refractivity contribution >= 4 is 5.91 Å².